The van der Waals surface area contributed by atoms with Crippen molar-refractivity contribution in [3.63, 3.8) is 0 Å². The first-order valence-electron chi connectivity index (χ1n) is 48.9. The lowest BCUT2D eigenvalue weighted by molar-refractivity contribution is 0.302. The van der Waals surface area contributed by atoms with Crippen molar-refractivity contribution >= 4 is 13.9 Å². The second kappa shape index (κ2) is 58.9. The summed E-state index contributed by atoms with van der Waals surface area (Å²) in [6.07, 6.45) is 69.2. The Morgan fingerprint density at radius 2 is 0.509 bits per heavy atom. The highest BCUT2D eigenvalue weighted by molar-refractivity contribution is 7.47. The van der Waals surface area contributed by atoms with Gasteiger partial charge in [-0.3, -0.25) is 0 Å². The van der Waals surface area contributed by atoms with Gasteiger partial charge < -0.3 is 14.2 Å². The van der Waals surface area contributed by atoms with Gasteiger partial charge in [0.15, 0.2) is 0 Å². The molecule has 0 heterocycles. The van der Waals surface area contributed by atoms with Crippen LogP contribution in [0.25, 0.3) is 0 Å². The molecule has 1 atom stereocenters. The van der Waals surface area contributed by atoms with Gasteiger partial charge in [0.25, 0.3) is 0 Å². The normalized spacial score (nSPS) is 23.5. The number of aryl methyl sites for hydroxylation is 2. The van der Waals surface area contributed by atoms with E-state index in [1.54, 1.807) is 30.9 Å². The van der Waals surface area contributed by atoms with Gasteiger partial charge in [-0.2, -0.15) is 0 Å². The van der Waals surface area contributed by atoms with Crippen LogP contribution in [0.2, 0.25) is 0 Å². The van der Waals surface area contributed by atoms with E-state index in [-0.39, 0.29) is 0 Å². The van der Waals surface area contributed by atoms with Gasteiger partial charge in [0.2, 0.25) is 0 Å². The Labute approximate surface area is 706 Å². The molecule has 12 rings (SSSR count). The van der Waals surface area contributed by atoms with Crippen LogP contribution in [0.3, 0.4) is 0 Å². The summed E-state index contributed by atoms with van der Waals surface area (Å²) >= 11 is 0. The van der Waals surface area contributed by atoms with Gasteiger partial charge in [0, 0.05) is 0 Å². The van der Waals surface area contributed by atoms with Gasteiger partial charge in [-0.05, 0) is 332 Å². The van der Waals surface area contributed by atoms with E-state index in [9.17, 15) is 0 Å². The summed E-state index contributed by atoms with van der Waals surface area (Å²) in [5.41, 5.74) is 12.2. The molecule has 114 heavy (non-hydrogen) atoms. The van der Waals surface area contributed by atoms with Crippen molar-refractivity contribution in [2.24, 2.45) is 35.5 Å². The van der Waals surface area contributed by atoms with Crippen molar-refractivity contribution in [2.45, 2.75) is 413 Å². The molecule has 6 aliphatic carbocycles. The topological polar surface area (TPSA) is 27.7 Å². The summed E-state index contributed by atoms with van der Waals surface area (Å²) in [4.78, 5) is 0. The minimum Gasteiger partial charge on any atom is -0.497 e. The second-order valence-corrected chi connectivity index (χ2v) is 38.3. The third kappa shape index (κ3) is 37.2. The van der Waals surface area contributed by atoms with E-state index in [1.165, 1.54) is 347 Å². The molecule has 4 heteroatoms. The van der Waals surface area contributed by atoms with Crippen molar-refractivity contribution in [3.8, 4) is 17.2 Å². The number of methoxy groups -OCH3 is 2. The minimum atomic E-state index is 0.751. The molecule has 6 aliphatic rings. The van der Waals surface area contributed by atoms with Crippen molar-refractivity contribution in [3.05, 3.63) is 190 Å². The van der Waals surface area contributed by atoms with Gasteiger partial charge in [-0.1, -0.05) is 326 Å². The Morgan fingerprint density at radius 3 is 0.781 bits per heavy atom. The van der Waals surface area contributed by atoms with Gasteiger partial charge in [-0.25, -0.2) is 0 Å². The van der Waals surface area contributed by atoms with Crippen LogP contribution in [0.15, 0.2) is 146 Å². The van der Waals surface area contributed by atoms with E-state index < -0.39 is 0 Å². The lowest BCUT2D eigenvalue weighted by Crippen LogP contribution is -2.13. The largest absolute Gasteiger partial charge is 0.497 e. The standard InChI is InChI=1S/2C20H32.C19H31P.C18H28O.C17H26O.C16H24O/c1-3-4-5-6-7-8-18-11-15-20(16-12-18)19-13-9-17(2)10-14-19;1-3-5-6-8-18-11-15-20(16-12-18)19-13-9-17(7-4-2)10-14-19;1-3-5-6-7-16-8-10-17(11-9-16)18-12-14-19(15-13-18)20-4-2;1-3-4-5-6-15-7-9-16(10-8-15)17-11-13-18(19-2)14-12-17;1-3-5-14-6-8-15(9-7-14)16-10-12-17(13-11-16)18-4-2;1-3-4-13-5-7-14(8-6-13)15-9-11-16(17-2)12-10-15/h2*9-10,13-14,18,20H,3-8,11-12,15-16H2,1-2H3;12-17,20H,3-11H2,1-2H3;11-16H,3-10H2,1-2H3;10-15H,3-9H2,1-2H3;9-14H,3-8H2,1-2H3. The van der Waals surface area contributed by atoms with E-state index >= 15 is 0 Å². The molecular formula is C110H173O3P. The average Bonchev–Trinajstić information content (AvgIpc) is 0.860. The fraction of sp³-hybridized carbons (Fsp3) is 0.673. The number of benzene rings is 6. The van der Waals surface area contributed by atoms with Crippen LogP contribution in [-0.2, 0) is 6.42 Å². The summed E-state index contributed by atoms with van der Waals surface area (Å²) in [7, 11) is 4.45. The van der Waals surface area contributed by atoms with Crippen LogP contribution in [0, 0.1) is 42.4 Å². The first kappa shape index (κ1) is 96.3. The maximum atomic E-state index is 5.50. The number of hydrogen-bond donors (Lipinski definition) is 0. The molecule has 6 saturated carbocycles. The highest BCUT2D eigenvalue weighted by Gasteiger charge is 2.28. The summed E-state index contributed by atoms with van der Waals surface area (Å²) in [5, 5.41) is 1.53. The lowest BCUT2D eigenvalue weighted by atomic mass is 9.77. The molecule has 0 aliphatic heterocycles. The third-order valence-corrected chi connectivity index (χ3v) is 29.1. The molecule has 6 aromatic carbocycles. The van der Waals surface area contributed by atoms with E-state index in [2.05, 4.69) is 208 Å². The van der Waals surface area contributed by atoms with Crippen LogP contribution in [0.5, 0.6) is 17.2 Å². The Balaban J connectivity index is 0.000000190. The Kier molecular flexibility index (Phi) is 49.8. The molecule has 0 radical (unpaired) electrons. The zero-order valence-corrected chi connectivity index (χ0v) is 76.9. The number of hydrogen-bond acceptors (Lipinski definition) is 3. The molecular weight excluding hydrogens is 1400 g/mol. The highest BCUT2D eigenvalue weighted by atomic mass is 31.1. The predicted molar refractivity (Wildman–Crippen MR) is 504 cm³/mol. The molecule has 0 spiro atoms. The van der Waals surface area contributed by atoms with Crippen molar-refractivity contribution in [1.82, 2.24) is 0 Å². The maximum absolute atomic E-state index is 5.50. The van der Waals surface area contributed by atoms with Gasteiger partial charge in [0.05, 0.1) is 20.8 Å². The lowest BCUT2D eigenvalue weighted by Gasteiger charge is -2.29. The second-order valence-electron chi connectivity index (χ2n) is 36.7. The fourth-order valence-electron chi connectivity index (χ4n) is 20.5. The van der Waals surface area contributed by atoms with Crippen molar-refractivity contribution in [2.75, 3.05) is 27.0 Å². The summed E-state index contributed by atoms with van der Waals surface area (Å²) < 4.78 is 15.9. The SMILES string of the molecule is CCCC1CCC(c2ccc(OC)cc2)CC1.CCCC1CCC(c2ccc(OCC)cc2)CC1.CCCCCC1CCC(c2ccc(CCC)cc2)CC1.CCCCCC1CCC(c2ccc(OC)cc2)CC1.CCCCCC1CCC(c2ccc(PCC)cc2)CC1.CCCCCCCC1CCC(c2ccc(C)cc2)CC1. The molecule has 3 nitrogen and oxygen atoms in total. The van der Waals surface area contributed by atoms with Crippen molar-refractivity contribution in [1.29, 1.82) is 0 Å². The molecule has 0 amide bonds. The summed E-state index contributed by atoms with van der Waals surface area (Å²) in [6, 6.07) is 54.4. The van der Waals surface area contributed by atoms with Gasteiger partial charge >= 0.3 is 0 Å². The summed E-state index contributed by atoms with van der Waals surface area (Å²) in [5.74, 6) is 13.9. The summed E-state index contributed by atoms with van der Waals surface area (Å²) in [6.45, 7) is 23.3. The maximum Gasteiger partial charge on any atom is 0.119 e. The smallest absolute Gasteiger partial charge is 0.119 e. The minimum absolute atomic E-state index is 0.751. The quantitative estimate of drug-likeness (QED) is 0.0290. The molecule has 636 valence electrons. The average molecular weight is 1570 g/mol. The molecule has 1 unspecified atom stereocenters. The first-order chi connectivity index (χ1) is 55.9. The molecule has 6 fully saturated rings. The van der Waals surface area contributed by atoms with Gasteiger partial charge in [-0.15, -0.1) is 0 Å². The molecule has 6 aromatic rings. The zero-order valence-electron chi connectivity index (χ0n) is 75.9. The van der Waals surface area contributed by atoms with E-state index in [1.807, 2.05) is 6.92 Å². The number of ether oxygens (including phenoxy) is 3. The van der Waals surface area contributed by atoms with E-state index in [0.717, 1.165) is 103 Å². The Hall–Kier alpha value is -4.85. The number of unbranched alkanes of at least 4 members (excludes halogenated alkanes) is 10. The Morgan fingerprint density at radius 1 is 0.254 bits per heavy atom. The zero-order chi connectivity index (χ0) is 81.0. The van der Waals surface area contributed by atoms with Crippen LogP contribution >= 0.6 is 8.58 Å². The molecule has 0 aromatic heterocycles. The predicted octanol–water partition coefficient (Wildman–Crippen LogP) is 34.5. The monoisotopic (exact) mass is 1570 g/mol. The number of rotatable bonds is 36. The molecule has 0 saturated heterocycles. The first-order valence-corrected chi connectivity index (χ1v) is 50.2. The van der Waals surface area contributed by atoms with Crippen LogP contribution in [0.1, 0.15) is 444 Å². The van der Waals surface area contributed by atoms with Crippen LogP contribution in [-0.4, -0.2) is 27.0 Å². The van der Waals surface area contributed by atoms with Gasteiger partial charge in [0.1, 0.15) is 17.2 Å². The van der Waals surface area contributed by atoms with Crippen LogP contribution < -0.4 is 19.5 Å². The third-order valence-electron chi connectivity index (χ3n) is 28.0. The fourth-order valence-corrected chi connectivity index (χ4v) is 21.3. The molecule has 0 bridgehead atoms. The highest BCUT2D eigenvalue weighted by Crippen LogP contribution is 2.44. The van der Waals surface area contributed by atoms with Crippen molar-refractivity contribution < 1.29 is 14.2 Å². The van der Waals surface area contributed by atoms with E-state index in [0.29, 0.717) is 0 Å². The van der Waals surface area contributed by atoms with Crippen LogP contribution in [0.4, 0.5) is 0 Å². The molecule has 0 N–H and O–H groups in total. The van der Waals surface area contributed by atoms with E-state index in [4.69, 9.17) is 14.2 Å². The Bertz CT molecular complexity index is 3140.